The lowest BCUT2D eigenvalue weighted by Gasteiger charge is -2.02. The van der Waals surface area contributed by atoms with Crippen LogP contribution in [0.15, 0.2) is 18.3 Å². The Bertz CT molecular complexity index is 385. The normalized spacial score (nSPS) is 9.86. The van der Waals surface area contributed by atoms with E-state index in [4.69, 9.17) is 0 Å². The number of ketones is 1. The number of carboxylic acids is 1. The largest absolute Gasteiger partial charge is 0.550 e. The fourth-order valence-corrected chi connectivity index (χ4v) is 1.16. The van der Waals surface area contributed by atoms with E-state index in [-0.39, 0.29) is 12.2 Å². The molecule has 0 radical (unpaired) electrons. The van der Waals surface area contributed by atoms with E-state index in [9.17, 15) is 14.7 Å². The van der Waals surface area contributed by atoms with Crippen LogP contribution in [0.2, 0.25) is 0 Å². The molecule has 0 aliphatic rings. The van der Waals surface area contributed by atoms with Crippen molar-refractivity contribution < 1.29 is 19.3 Å². The van der Waals surface area contributed by atoms with E-state index >= 15 is 0 Å². The number of aromatic nitrogens is 1. The number of Topliss-reactive ketones (excluding diaryl/α,β-unsaturated/α-hetero) is 1. The van der Waals surface area contributed by atoms with E-state index in [1.807, 2.05) is 0 Å². The molecule has 4 heteroatoms. The Hall–Kier alpha value is -1.71. The summed E-state index contributed by atoms with van der Waals surface area (Å²) >= 11 is 0. The summed E-state index contributed by atoms with van der Waals surface area (Å²) in [4.78, 5) is 21.4. The van der Waals surface area contributed by atoms with Gasteiger partial charge in [-0.2, -0.15) is 0 Å². The molecule has 0 spiro atoms. The van der Waals surface area contributed by atoms with Crippen LogP contribution >= 0.6 is 0 Å². The Kier molecular flexibility index (Phi) is 2.96. The Morgan fingerprint density at radius 1 is 1.50 bits per heavy atom. The molecule has 0 N–H and O–H groups in total. The molecule has 0 aromatic carbocycles. The molecule has 0 bridgehead atoms. The number of nitrogens with zero attached hydrogens (tertiary/aromatic N) is 1. The number of carbonyl (C=O) groups is 2. The Morgan fingerprint density at radius 2 is 2.14 bits per heavy atom. The van der Waals surface area contributed by atoms with Crippen molar-refractivity contribution in [2.45, 2.75) is 13.3 Å². The molecule has 14 heavy (non-hydrogen) atoms. The third-order valence-electron chi connectivity index (χ3n) is 1.98. The predicted octanol–water partition coefficient (Wildman–Crippen LogP) is -0.994. The van der Waals surface area contributed by atoms with Crippen molar-refractivity contribution in [3.8, 4) is 0 Å². The van der Waals surface area contributed by atoms with Crippen molar-refractivity contribution >= 4 is 11.8 Å². The topological polar surface area (TPSA) is 61.1 Å². The molecule has 0 atom stereocenters. The molecule has 1 aromatic heterocycles. The van der Waals surface area contributed by atoms with Crippen LogP contribution in [0.4, 0.5) is 0 Å². The van der Waals surface area contributed by atoms with Gasteiger partial charge < -0.3 is 9.90 Å². The first-order valence-electron chi connectivity index (χ1n) is 4.20. The molecule has 1 heterocycles. The van der Waals surface area contributed by atoms with E-state index < -0.39 is 5.97 Å². The summed E-state index contributed by atoms with van der Waals surface area (Å²) in [6.45, 7) is 1.44. The molecule has 0 aliphatic carbocycles. The van der Waals surface area contributed by atoms with E-state index in [2.05, 4.69) is 0 Å². The van der Waals surface area contributed by atoms with Gasteiger partial charge in [-0.15, -0.1) is 0 Å². The van der Waals surface area contributed by atoms with Crippen LogP contribution in [0.1, 0.15) is 23.0 Å². The van der Waals surface area contributed by atoms with E-state index in [1.165, 1.54) is 6.92 Å². The van der Waals surface area contributed by atoms with Crippen molar-refractivity contribution in [2.75, 3.05) is 0 Å². The van der Waals surface area contributed by atoms with Gasteiger partial charge in [-0.3, -0.25) is 4.79 Å². The van der Waals surface area contributed by atoms with Crippen molar-refractivity contribution in [1.82, 2.24) is 0 Å². The van der Waals surface area contributed by atoms with E-state index in [0.29, 0.717) is 11.3 Å². The average molecular weight is 193 g/mol. The quantitative estimate of drug-likeness (QED) is 0.457. The molecular formula is C10H11NO3. The number of hydrogen-bond acceptors (Lipinski definition) is 3. The third kappa shape index (κ3) is 2.39. The summed E-state index contributed by atoms with van der Waals surface area (Å²) in [6.07, 6.45) is 1.48. The smallest absolute Gasteiger partial charge is 0.187 e. The number of aliphatic carboxylic acids is 1. The maximum absolute atomic E-state index is 11.0. The van der Waals surface area contributed by atoms with Crippen molar-refractivity contribution in [2.24, 2.45) is 7.05 Å². The number of aryl methyl sites for hydroxylation is 1. The molecule has 0 amide bonds. The summed E-state index contributed by atoms with van der Waals surface area (Å²) in [6, 6.07) is 3.22. The number of carbonyl (C=O) groups excluding carboxylic acids is 2. The number of pyridine rings is 1. The van der Waals surface area contributed by atoms with Gasteiger partial charge in [-0.05, 0) is 6.92 Å². The first kappa shape index (κ1) is 10.4. The molecule has 0 saturated carbocycles. The first-order valence-corrected chi connectivity index (χ1v) is 4.20. The summed E-state index contributed by atoms with van der Waals surface area (Å²) in [7, 11) is 1.72. The Labute approximate surface area is 81.8 Å². The Morgan fingerprint density at radius 3 is 2.64 bits per heavy atom. The number of rotatable bonds is 3. The minimum Gasteiger partial charge on any atom is -0.550 e. The summed E-state index contributed by atoms with van der Waals surface area (Å²) in [5.74, 6) is -1.23. The second-order valence-corrected chi connectivity index (χ2v) is 3.12. The van der Waals surface area contributed by atoms with E-state index in [1.54, 1.807) is 29.9 Å². The van der Waals surface area contributed by atoms with Crippen LogP contribution in [-0.4, -0.2) is 11.8 Å². The molecule has 0 fully saturated rings. The molecule has 0 aliphatic heterocycles. The van der Waals surface area contributed by atoms with Crippen LogP contribution in [0.5, 0.6) is 0 Å². The maximum Gasteiger partial charge on any atom is 0.187 e. The molecule has 1 aromatic rings. The third-order valence-corrected chi connectivity index (χ3v) is 1.98. The van der Waals surface area contributed by atoms with Gasteiger partial charge in [0.25, 0.3) is 0 Å². The SMILES string of the molecule is CC(=O)c1cc[n+](C)c(CC(=O)[O-])c1. The van der Waals surface area contributed by atoms with Gasteiger partial charge in [0.2, 0.25) is 0 Å². The predicted molar refractivity (Wildman–Crippen MR) is 46.3 cm³/mol. The molecule has 0 saturated heterocycles. The van der Waals surface area contributed by atoms with Crippen LogP contribution < -0.4 is 9.67 Å². The first-order chi connectivity index (χ1) is 6.50. The molecular weight excluding hydrogens is 182 g/mol. The van der Waals surface area contributed by atoms with Gasteiger partial charge in [-0.25, -0.2) is 4.57 Å². The van der Waals surface area contributed by atoms with Gasteiger partial charge in [-0.1, -0.05) is 0 Å². The van der Waals surface area contributed by atoms with Crippen molar-refractivity contribution in [3.63, 3.8) is 0 Å². The van der Waals surface area contributed by atoms with Crippen LogP contribution in [0.25, 0.3) is 0 Å². The fourth-order valence-electron chi connectivity index (χ4n) is 1.16. The molecule has 1 rings (SSSR count). The summed E-state index contributed by atoms with van der Waals surface area (Å²) < 4.78 is 1.65. The zero-order valence-electron chi connectivity index (χ0n) is 8.11. The highest BCUT2D eigenvalue weighted by molar-refractivity contribution is 5.94. The zero-order chi connectivity index (χ0) is 10.7. The van der Waals surface area contributed by atoms with E-state index in [0.717, 1.165) is 0 Å². The molecule has 4 nitrogen and oxygen atoms in total. The zero-order valence-corrected chi connectivity index (χ0v) is 8.11. The van der Waals surface area contributed by atoms with Gasteiger partial charge in [0.15, 0.2) is 17.7 Å². The van der Waals surface area contributed by atoms with Gasteiger partial charge in [0, 0.05) is 17.7 Å². The lowest BCUT2D eigenvalue weighted by Crippen LogP contribution is -2.37. The fraction of sp³-hybridized carbons (Fsp3) is 0.300. The highest BCUT2D eigenvalue weighted by atomic mass is 16.4. The van der Waals surface area contributed by atoms with Crippen LogP contribution in [-0.2, 0) is 18.3 Å². The monoisotopic (exact) mass is 193 g/mol. The molecule has 0 unspecified atom stereocenters. The minimum atomic E-state index is -1.15. The maximum atomic E-state index is 11.0. The lowest BCUT2D eigenvalue weighted by atomic mass is 10.1. The second kappa shape index (κ2) is 4.00. The van der Waals surface area contributed by atoms with Gasteiger partial charge in [0.05, 0.1) is 12.4 Å². The molecule has 74 valence electrons. The van der Waals surface area contributed by atoms with Gasteiger partial charge >= 0.3 is 0 Å². The van der Waals surface area contributed by atoms with Crippen LogP contribution in [0, 0.1) is 0 Å². The lowest BCUT2D eigenvalue weighted by molar-refractivity contribution is -0.678. The average Bonchev–Trinajstić information content (AvgIpc) is 2.07. The summed E-state index contributed by atoms with van der Waals surface area (Å²) in [5, 5.41) is 10.4. The van der Waals surface area contributed by atoms with Crippen molar-refractivity contribution in [3.05, 3.63) is 29.6 Å². The Balaban J connectivity index is 3.08. The highest BCUT2D eigenvalue weighted by Crippen LogP contribution is 2.01. The van der Waals surface area contributed by atoms with Crippen molar-refractivity contribution in [1.29, 1.82) is 0 Å². The second-order valence-electron chi connectivity index (χ2n) is 3.12. The highest BCUT2D eigenvalue weighted by Gasteiger charge is 2.10. The van der Waals surface area contributed by atoms with Gasteiger partial charge in [0.1, 0.15) is 7.05 Å². The minimum absolute atomic E-state index is 0.0785. The standard InChI is InChI=1S/C10H11NO3/c1-7(12)8-3-4-11(2)9(5-8)6-10(13)14/h3-5H,6H2,1-2H3. The summed E-state index contributed by atoms with van der Waals surface area (Å²) in [5.41, 5.74) is 1.07. The number of hydrogen-bond donors (Lipinski definition) is 0. The van der Waals surface area contributed by atoms with Crippen LogP contribution in [0.3, 0.4) is 0 Å². The number of carboxylic acid groups (broad SMARTS) is 1.